The molecule has 20 heavy (non-hydrogen) atoms. The highest BCUT2D eigenvalue weighted by Gasteiger charge is 2.26. The van der Waals surface area contributed by atoms with Crippen molar-refractivity contribution in [2.24, 2.45) is 0 Å². The van der Waals surface area contributed by atoms with Gasteiger partial charge in [-0.25, -0.2) is 8.42 Å². The van der Waals surface area contributed by atoms with Crippen molar-refractivity contribution in [3.8, 4) is 0 Å². The van der Waals surface area contributed by atoms with E-state index in [-0.39, 0.29) is 10.8 Å². The summed E-state index contributed by atoms with van der Waals surface area (Å²) in [7, 11) is 1.52. The first kappa shape index (κ1) is 15.3. The number of hydrogen-bond donors (Lipinski definition) is 0. The molecule has 1 saturated carbocycles. The molecule has 1 aromatic rings. The molecule has 0 bridgehead atoms. The Morgan fingerprint density at radius 2 is 1.80 bits per heavy atom. The maximum absolute atomic E-state index is 12.5. The average molecular weight is 316 g/mol. The fourth-order valence-electron chi connectivity index (χ4n) is 2.71. The van der Waals surface area contributed by atoms with Crippen molar-refractivity contribution in [3.05, 3.63) is 29.8 Å². The molecular formula is C14H18ClNO3S. The second-order valence-corrected chi connectivity index (χ2v) is 7.56. The monoisotopic (exact) mass is 315 g/mol. The van der Waals surface area contributed by atoms with Gasteiger partial charge in [-0.3, -0.25) is 4.79 Å². The minimum absolute atomic E-state index is 0.0135. The van der Waals surface area contributed by atoms with E-state index in [1.54, 1.807) is 0 Å². The highest BCUT2D eigenvalue weighted by molar-refractivity contribution is 8.13. The highest BCUT2D eigenvalue weighted by Crippen LogP contribution is 2.25. The molecule has 0 radical (unpaired) electrons. The number of carbonyl (C=O) groups excluding carboxylic acids is 1. The molecule has 4 nitrogen and oxygen atoms in total. The lowest BCUT2D eigenvalue weighted by molar-refractivity contribution is 0.0693. The fourth-order valence-corrected chi connectivity index (χ4v) is 3.48. The minimum Gasteiger partial charge on any atom is -0.336 e. The van der Waals surface area contributed by atoms with Gasteiger partial charge in [-0.1, -0.05) is 12.8 Å². The first-order chi connectivity index (χ1) is 9.43. The molecule has 0 saturated heterocycles. The summed E-state index contributed by atoms with van der Waals surface area (Å²) in [5.74, 6) is -0.0436. The number of nitrogens with zero attached hydrogens (tertiary/aromatic N) is 1. The van der Waals surface area contributed by atoms with Crippen LogP contribution in [0.2, 0.25) is 0 Å². The number of amides is 1. The topological polar surface area (TPSA) is 54.5 Å². The van der Waals surface area contributed by atoms with Crippen LogP contribution in [0.15, 0.2) is 29.2 Å². The van der Waals surface area contributed by atoms with Gasteiger partial charge in [0.1, 0.15) is 0 Å². The molecule has 2 rings (SSSR count). The van der Waals surface area contributed by atoms with Crippen LogP contribution in [0, 0.1) is 0 Å². The summed E-state index contributed by atoms with van der Waals surface area (Å²) >= 11 is 0. The summed E-state index contributed by atoms with van der Waals surface area (Å²) < 4.78 is 22.4. The maximum Gasteiger partial charge on any atom is 0.261 e. The van der Waals surface area contributed by atoms with Crippen molar-refractivity contribution in [2.45, 2.75) is 43.5 Å². The van der Waals surface area contributed by atoms with Gasteiger partial charge >= 0.3 is 0 Å². The van der Waals surface area contributed by atoms with E-state index in [1.807, 2.05) is 11.8 Å². The van der Waals surface area contributed by atoms with Gasteiger partial charge in [-0.2, -0.15) is 0 Å². The predicted octanol–water partition coefficient (Wildman–Crippen LogP) is 3.02. The number of hydrogen-bond acceptors (Lipinski definition) is 3. The zero-order valence-electron chi connectivity index (χ0n) is 11.4. The highest BCUT2D eigenvalue weighted by atomic mass is 35.7. The van der Waals surface area contributed by atoms with E-state index in [1.165, 1.54) is 24.3 Å². The normalized spacial score (nSPS) is 16.3. The van der Waals surface area contributed by atoms with Gasteiger partial charge < -0.3 is 4.90 Å². The van der Waals surface area contributed by atoms with Crippen LogP contribution in [0.25, 0.3) is 0 Å². The van der Waals surface area contributed by atoms with Gasteiger partial charge in [0.15, 0.2) is 0 Å². The van der Waals surface area contributed by atoms with Crippen molar-refractivity contribution in [1.82, 2.24) is 4.90 Å². The van der Waals surface area contributed by atoms with E-state index in [2.05, 4.69) is 0 Å². The first-order valence-electron chi connectivity index (χ1n) is 6.79. The van der Waals surface area contributed by atoms with Crippen LogP contribution in [-0.4, -0.2) is 31.8 Å². The summed E-state index contributed by atoms with van der Waals surface area (Å²) in [6.07, 6.45) is 4.43. The van der Waals surface area contributed by atoms with Gasteiger partial charge in [0, 0.05) is 28.8 Å². The van der Waals surface area contributed by atoms with Crippen molar-refractivity contribution in [1.29, 1.82) is 0 Å². The van der Waals surface area contributed by atoms with E-state index >= 15 is 0 Å². The van der Waals surface area contributed by atoms with Gasteiger partial charge in [0.25, 0.3) is 15.0 Å². The molecule has 110 valence electrons. The molecule has 0 heterocycles. The molecule has 0 aromatic heterocycles. The Hall–Kier alpha value is -1.07. The second-order valence-electron chi connectivity index (χ2n) is 4.99. The third kappa shape index (κ3) is 3.33. The Morgan fingerprint density at radius 1 is 1.25 bits per heavy atom. The zero-order chi connectivity index (χ0) is 14.8. The quantitative estimate of drug-likeness (QED) is 0.803. The summed E-state index contributed by atoms with van der Waals surface area (Å²) in [4.78, 5) is 14.4. The molecule has 0 aliphatic heterocycles. The van der Waals surface area contributed by atoms with E-state index in [4.69, 9.17) is 10.7 Å². The smallest absolute Gasteiger partial charge is 0.261 e. The lowest BCUT2D eigenvalue weighted by Gasteiger charge is -2.27. The molecule has 0 atom stereocenters. The van der Waals surface area contributed by atoms with Crippen molar-refractivity contribution < 1.29 is 13.2 Å². The molecule has 1 amide bonds. The number of rotatable bonds is 4. The van der Waals surface area contributed by atoms with Gasteiger partial charge in [-0.15, -0.1) is 0 Å². The molecule has 0 N–H and O–H groups in total. The van der Waals surface area contributed by atoms with Crippen LogP contribution in [0.1, 0.15) is 43.0 Å². The molecule has 1 aliphatic rings. The van der Waals surface area contributed by atoms with E-state index in [0.29, 0.717) is 18.2 Å². The van der Waals surface area contributed by atoms with Crippen LogP contribution >= 0.6 is 10.7 Å². The Balaban J connectivity index is 2.19. The van der Waals surface area contributed by atoms with E-state index < -0.39 is 9.05 Å². The molecule has 0 unspecified atom stereocenters. The lowest BCUT2D eigenvalue weighted by atomic mass is 10.1. The predicted molar refractivity (Wildman–Crippen MR) is 78.4 cm³/mol. The Bertz CT molecular complexity index is 577. The largest absolute Gasteiger partial charge is 0.336 e. The SMILES string of the molecule is CCN(C(=O)c1ccc(S(=O)(=O)Cl)cc1)C1CCCC1. The molecule has 1 fully saturated rings. The van der Waals surface area contributed by atoms with Crippen LogP contribution in [0.4, 0.5) is 0 Å². The summed E-state index contributed by atoms with van der Waals surface area (Å²) in [5.41, 5.74) is 0.503. The van der Waals surface area contributed by atoms with Crippen LogP contribution in [0.3, 0.4) is 0 Å². The Labute approximate surface area is 124 Å². The van der Waals surface area contributed by atoms with Gasteiger partial charge in [0.2, 0.25) is 0 Å². The summed E-state index contributed by atoms with van der Waals surface area (Å²) in [5, 5.41) is 0. The second kappa shape index (κ2) is 6.14. The average Bonchev–Trinajstić information content (AvgIpc) is 2.92. The van der Waals surface area contributed by atoms with Crippen LogP contribution in [0.5, 0.6) is 0 Å². The molecule has 6 heteroatoms. The number of halogens is 1. The molecule has 1 aliphatic carbocycles. The summed E-state index contributed by atoms with van der Waals surface area (Å²) in [6, 6.07) is 6.10. The molecular weight excluding hydrogens is 298 g/mol. The van der Waals surface area contributed by atoms with Crippen LogP contribution < -0.4 is 0 Å². The van der Waals surface area contributed by atoms with Gasteiger partial charge in [0.05, 0.1) is 4.90 Å². The Morgan fingerprint density at radius 3 is 2.25 bits per heavy atom. The number of benzene rings is 1. The summed E-state index contributed by atoms with van der Waals surface area (Å²) in [6.45, 7) is 2.63. The van der Waals surface area contributed by atoms with Crippen molar-refractivity contribution in [2.75, 3.05) is 6.54 Å². The van der Waals surface area contributed by atoms with Crippen molar-refractivity contribution in [3.63, 3.8) is 0 Å². The van der Waals surface area contributed by atoms with Crippen LogP contribution in [-0.2, 0) is 9.05 Å². The minimum atomic E-state index is -3.74. The Kier molecular flexibility index (Phi) is 4.70. The van der Waals surface area contributed by atoms with E-state index in [9.17, 15) is 13.2 Å². The third-order valence-corrected chi connectivity index (χ3v) is 5.12. The van der Waals surface area contributed by atoms with E-state index in [0.717, 1.165) is 25.7 Å². The third-order valence-electron chi connectivity index (χ3n) is 3.75. The lowest BCUT2D eigenvalue weighted by Crippen LogP contribution is -2.38. The number of carbonyl (C=O) groups is 1. The van der Waals surface area contributed by atoms with Crippen molar-refractivity contribution >= 4 is 25.6 Å². The maximum atomic E-state index is 12.5. The zero-order valence-corrected chi connectivity index (χ0v) is 13.0. The first-order valence-corrected chi connectivity index (χ1v) is 9.10. The molecule has 1 aromatic carbocycles. The molecule has 0 spiro atoms. The fraction of sp³-hybridized carbons (Fsp3) is 0.500. The van der Waals surface area contributed by atoms with Gasteiger partial charge in [-0.05, 0) is 44.0 Å². The standard InChI is InChI=1S/C14H18ClNO3S/c1-2-16(12-5-3-4-6-12)14(17)11-7-9-13(10-8-11)20(15,18)19/h7-10,12H,2-6H2,1H3.